The molecule has 2 aromatic rings. The van der Waals surface area contributed by atoms with Gasteiger partial charge in [0.15, 0.2) is 6.61 Å². The number of carbonyl (C=O) groups excluding carboxylic acids is 1. The van der Waals surface area contributed by atoms with Crippen LogP contribution in [0.3, 0.4) is 0 Å². The van der Waals surface area contributed by atoms with Gasteiger partial charge in [0.2, 0.25) is 0 Å². The largest absolute Gasteiger partial charge is 0.484 e. The van der Waals surface area contributed by atoms with E-state index in [-0.39, 0.29) is 18.4 Å². The van der Waals surface area contributed by atoms with Crippen LogP contribution in [-0.2, 0) is 4.79 Å². The Kier molecular flexibility index (Phi) is 6.04. The van der Waals surface area contributed by atoms with Crippen LogP contribution in [0.4, 0.5) is 0 Å². The van der Waals surface area contributed by atoms with Crippen LogP contribution >= 0.6 is 22.6 Å². The first kappa shape index (κ1) is 15.8. The first-order valence-corrected chi connectivity index (χ1v) is 7.93. The summed E-state index contributed by atoms with van der Waals surface area (Å²) in [7, 11) is 0. The molecule has 0 aliphatic rings. The summed E-state index contributed by atoms with van der Waals surface area (Å²) < 4.78 is 6.59. The zero-order valence-electron chi connectivity index (χ0n) is 11.9. The molecule has 1 atom stereocenters. The fourth-order valence-electron chi connectivity index (χ4n) is 1.90. The average molecular weight is 395 g/mol. The molecule has 1 N–H and O–H groups in total. The Bertz CT molecular complexity index is 569. The summed E-state index contributed by atoms with van der Waals surface area (Å²) in [6, 6.07) is 17.8. The number of nitrogens with one attached hydrogen (secondary N) is 1. The first-order valence-electron chi connectivity index (χ1n) is 6.85. The number of ether oxygens (including phenoxy) is 1. The topological polar surface area (TPSA) is 38.3 Å². The molecule has 4 heteroatoms. The summed E-state index contributed by atoms with van der Waals surface area (Å²) in [6.45, 7) is 2.75. The lowest BCUT2D eigenvalue weighted by atomic mass is 10.0. The van der Waals surface area contributed by atoms with Crippen LogP contribution < -0.4 is 10.1 Å². The van der Waals surface area contributed by atoms with Crippen molar-refractivity contribution in [1.82, 2.24) is 5.32 Å². The highest BCUT2D eigenvalue weighted by Crippen LogP contribution is 2.14. The van der Waals surface area contributed by atoms with Gasteiger partial charge in [-0.3, -0.25) is 4.79 Å². The zero-order chi connectivity index (χ0) is 15.1. The molecule has 0 aliphatic heterocycles. The standard InChI is InChI=1S/C17H18INO2/c1-13(14-5-3-2-4-6-14)11-19-17(20)12-21-16-9-7-15(18)8-10-16/h2-10,13H,11-12H2,1H3,(H,19,20). The van der Waals surface area contributed by atoms with Crippen molar-refractivity contribution in [3.63, 3.8) is 0 Å². The third kappa shape index (κ3) is 5.38. The number of carbonyl (C=O) groups is 1. The summed E-state index contributed by atoms with van der Waals surface area (Å²) in [5, 5.41) is 2.90. The maximum absolute atomic E-state index is 11.8. The summed E-state index contributed by atoms with van der Waals surface area (Å²) in [6.07, 6.45) is 0. The van der Waals surface area contributed by atoms with Crippen LogP contribution in [0.25, 0.3) is 0 Å². The van der Waals surface area contributed by atoms with Crippen LogP contribution in [-0.4, -0.2) is 19.1 Å². The maximum atomic E-state index is 11.8. The molecule has 21 heavy (non-hydrogen) atoms. The Morgan fingerprint density at radius 1 is 1.14 bits per heavy atom. The molecule has 0 radical (unpaired) electrons. The van der Waals surface area contributed by atoms with E-state index < -0.39 is 0 Å². The molecule has 0 saturated heterocycles. The van der Waals surface area contributed by atoms with E-state index in [4.69, 9.17) is 4.74 Å². The number of hydrogen-bond donors (Lipinski definition) is 1. The lowest BCUT2D eigenvalue weighted by molar-refractivity contribution is -0.123. The van der Waals surface area contributed by atoms with Crippen molar-refractivity contribution in [2.75, 3.05) is 13.2 Å². The normalized spacial score (nSPS) is 11.7. The molecule has 1 amide bonds. The van der Waals surface area contributed by atoms with Crippen LogP contribution in [0.2, 0.25) is 0 Å². The second kappa shape index (κ2) is 8.02. The summed E-state index contributed by atoms with van der Waals surface area (Å²) >= 11 is 2.23. The fourth-order valence-corrected chi connectivity index (χ4v) is 2.26. The average Bonchev–Trinajstić information content (AvgIpc) is 2.53. The minimum absolute atomic E-state index is 0.0438. The van der Waals surface area contributed by atoms with Crippen molar-refractivity contribution in [1.29, 1.82) is 0 Å². The molecule has 0 saturated carbocycles. The fraction of sp³-hybridized carbons (Fsp3) is 0.235. The summed E-state index contributed by atoms with van der Waals surface area (Å²) in [5.74, 6) is 0.895. The minimum atomic E-state index is -0.101. The lowest BCUT2D eigenvalue weighted by Crippen LogP contribution is -2.31. The van der Waals surface area contributed by atoms with E-state index >= 15 is 0 Å². The number of rotatable bonds is 6. The molecule has 2 rings (SSSR count). The summed E-state index contributed by atoms with van der Waals surface area (Å²) in [5.41, 5.74) is 1.22. The van der Waals surface area contributed by atoms with Crippen molar-refractivity contribution in [3.8, 4) is 5.75 Å². The van der Waals surface area contributed by atoms with E-state index in [9.17, 15) is 4.79 Å². The number of halogens is 1. The molecular weight excluding hydrogens is 377 g/mol. The molecule has 2 aromatic carbocycles. The van der Waals surface area contributed by atoms with Crippen molar-refractivity contribution < 1.29 is 9.53 Å². The van der Waals surface area contributed by atoms with Gasteiger partial charge in [0, 0.05) is 10.1 Å². The van der Waals surface area contributed by atoms with E-state index in [1.54, 1.807) is 0 Å². The van der Waals surface area contributed by atoms with E-state index in [0.29, 0.717) is 12.3 Å². The monoisotopic (exact) mass is 395 g/mol. The van der Waals surface area contributed by atoms with E-state index in [0.717, 1.165) is 3.57 Å². The van der Waals surface area contributed by atoms with Gasteiger partial charge in [-0.2, -0.15) is 0 Å². The highest BCUT2D eigenvalue weighted by atomic mass is 127. The molecular formula is C17H18INO2. The predicted molar refractivity (Wildman–Crippen MR) is 92.5 cm³/mol. The van der Waals surface area contributed by atoms with Crippen LogP contribution in [0, 0.1) is 3.57 Å². The van der Waals surface area contributed by atoms with Crippen molar-refractivity contribution in [2.45, 2.75) is 12.8 Å². The van der Waals surface area contributed by atoms with Gasteiger partial charge in [-0.05, 0) is 58.3 Å². The Balaban J connectivity index is 1.73. The van der Waals surface area contributed by atoms with E-state index in [1.165, 1.54) is 5.56 Å². The van der Waals surface area contributed by atoms with Crippen molar-refractivity contribution in [2.24, 2.45) is 0 Å². The smallest absolute Gasteiger partial charge is 0.257 e. The van der Waals surface area contributed by atoms with Crippen molar-refractivity contribution in [3.05, 3.63) is 63.7 Å². The third-order valence-electron chi connectivity index (χ3n) is 3.16. The van der Waals surface area contributed by atoms with Gasteiger partial charge >= 0.3 is 0 Å². The second-order valence-electron chi connectivity index (χ2n) is 4.86. The molecule has 0 bridgehead atoms. The van der Waals surface area contributed by atoms with Gasteiger partial charge < -0.3 is 10.1 Å². The van der Waals surface area contributed by atoms with E-state index in [1.807, 2.05) is 42.5 Å². The number of benzene rings is 2. The molecule has 0 heterocycles. The SMILES string of the molecule is CC(CNC(=O)COc1ccc(I)cc1)c1ccccc1. The number of amides is 1. The Hall–Kier alpha value is -1.56. The molecule has 1 unspecified atom stereocenters. The highest BCUT2D eigenvalue weighted by Gasteiger charge is 2.08. The quantitative estimate of drug-likeness (QED) is 0.760. The van der Waals surface area contributed by atoms with Gasteiger partial charge in [-0.25, -0.2) is 0 Å². The third-order valence-corrected chi connectivity index (χ3v) is 3.88. The maximum Gasteiger partial charge on any atom is 0.257 e. The number of hydrogen-bond acceptors (Lipinski definition) is 2. The van der Waals surface area contributed by atoms with Gasteiger partial charge in [-0.1, -0.05) is 37.3 Å². The Morgan fingerprint density at radius 2 is 1.81 bits per heavy atom. The van der Waals surface area contributed by atoms with Gasteiger partial charge in [0.25, 0.3) is 5.91 Å². The lowest BCUT2D eigenvalue weighted by Gasteiger charge is -2.13. The molecule has 0 fully saturated rings. The van der Waals surface area contributed by atoms with Gasteiger partial charge in [-0.15, -0.1) is 0 Å². The summed E-state index contributed by atoms with van der Waals surface area (Å²) in [4.78, 5) is 11.8. The minimum Gasteiger partial charge on any atom is -0.484 e. The van der Waals surface area contributed by atoms with Gasteiger partial charge in [0.1, 0.15) is 5.75 Å². The van der Waals surface area contributed by atoms with Crippen LogP contribution in [0.15, 0.2) is 54.6 Å². The molecule has 0 spiro atoms. The first-order chi connectivity index (χ1) is 10.1. The predicted octanol–water partition coefficient (Wildman–Crippen LogP) is 3.59. The molecule has 110 valence electrons. The van der Waals surface area contributed by atoms with E-state index in [2.05, 4.69) is 47.0 Å². The molecule has 0 aromatic heterocycles. The Morgan fingerprint density at radius 3 is 2.48 bits per heavy atom. The molecule has 3 nitrogen and oxygen atoms in total. The molecule has 0 aliphatic carbocycles. The Labute approximate surface area is 138 Å². The highest BCUT2D eigenvalue weighted by molar-refractivity contribution is 14.1. The van der Waals surface area contributed by atoms with Gasteiger partial charge in [0.05, 0.1) is 0 Å². The van der Waals surface area contributed by atoms with Crippen molar-refractivity contribution >= 4 is 28.5 Å². The van der Waals surface area contributed by atoms with Crippen LogP contribution in [0.1, 0.15) is 18.4 Å². The van der Waals surface area contributed by atoms with Crippen LogP contribution in [0.5, 0.6) is 5.75 Å². The zero-order valence-corrected chi connectivity index (χ0v) is 14.0. The second-order valence-corrected chi connectivity index (χ2v) is 6.10.